The van der Waals surface area contributed by atoms with Crippen molar-refractivity contribution >= 4 is 32.8 Å². The molecule has 0 fully saturated rings. The van der Waals surface area contributed by atoms with Gasteiger partial charge in [-0.2, -0.15) is 8.42 Å². The Bertz CT molecular complexity index is 1560. The number of hydrogen-bond donors (Lipinski definition) is 2. The summed E-state index contributed by atoms with van der Waals surface area (Å²) in [6.45, 7) is 2.49. The molecule has 0 heterocycles. The van der Waals surface area contributed by atoms with Gasteiger partial charge in [0.1, 0.15) is 14.1 Å². The van der Waals surface area contributed by atoms with Gasteiger partial charge in [0.25, 0.3) is 10.1 Å². The van der Waals surface area contributed by atoms with Gasteiger partial charge in [0.05, 0.1) is 4.90 Å². The topological polar surface area (TPSA) is 72.7 Å². The summed E-state index contributed by atoms with van der Waals surface area (Å²) in [5, 5.41) is 3.40. The van der Waals surface area contributed by atoms with E-state index in [1.165, 1.54) is 12.1 Å². The van der Waals surface area contributed by atoms with Crippen LogP contribution in [-0.4, -0.2) is 51.4 Å². The molecule has 2 N–H and O–H groups in total. The third kappa shape index (κ3) is 6.30. The summed E-state index contributed by atoms with van der Waals surface area (Å²) in [7, 11) is 3.91. The molecular weight excluding hydrogens is 494 g/mol. The van der Waals surface area contributed by atoms with Crippen molar-refractivity contribution in [2.24, 2.45) is 0 Å². The summed E-state index contributed by atoms with van der Waals surface area (Å²) in [5.41, 5.74) is 9.60. The molecule has 1 aliphatic carbocycles. The fourth-order valence-electron chi connectivity index (χ4n) is 4.38. The maximum absolute atomic E-state index is 11.5. The molecule has 38 heavy (non-hydrogen) atoms. The van der Waals surface area contributed by atoms with Crippen molar-refractivity contribution in [1.29, 1.82) is 0 Å². The van der Waals surface area contributed by atoms with Crippen LogP contribution in [0.1, 0.15) is 22.3 Å². The molecule has 0 bridgehead atoms. The smallest absolute Gasteiger partial charge is 0.294 e. The summed E-state index contributed by atoms with van der Waals surface area (Å²) >= 11 is 0. The van der Waals surface area contributed by atoms with Crippen molar-refractivity contribution in [3.8, 4) is 0 Å². The molecule has 0 atom stereocenters. The maximum Gasteiger partial charge on any atom is 0.294 e. The molecule has 6 nitrogen and oxygen atoms in total. The average molecular weight is 529 g/mol. The Morgan fingerprint density at radius 3 is 2.13 bits per heavy atom. The summed E-state index contributed by atoms with van der Waals surface area (Å²) < 4.78 is 34.4. The van der Waals surface area contributed by atoms with E-state index in [0.29, 0.717) is 6.54 Å². The summed E-state index contributed by atoms with van der Waals surface area (Å²) in [6.07, 6.45) is 8.59. The molecule has 0 aliphatic heterocycles. The molecule has 0 spiro atoms. The van der Waals surface area contributed by atoms with Gasteiger partial charge in [-0.25, -0.2) is 4.58 Å². The summed E-state index contributed by atoms with van der Waals surface area (Å²) in [5.74, 6) is 0. The van der Waals surface area contributed by atoms with Crippen LogP contribution in [0.5, 0.6) is 0 Å². The Hall–Kier alpha value is -3.94. The van der Waals surface area contributed by atoms with Crippen molar-refractivity contribution in [2.45, 2.75) is 18.4 Å². The number of allylic oxidation sites excluding steroid dienone is 5. The molecule has 0 saturated carbocycles. The van der Waals surface area contributed by atoms with E-state index in [4.69, 9.17) is 0 Å². The summed E-state index contributed by atoms with van der Waals surface area (Å²) in [4.78, 5) is 1.98. The highest BCUT2D eigenvalue weighted by atomic mass is 32.2. The van der Waals surface area contributed by atoms with E-state index in [1.807, 2.05) is 34.3 Å². The van der Waals surface area contributed by atoms with E-state index in [1.54, 1.807) is 6.07 Å². The maximum atomic E-state index is 11.5. The zero-order chi connectivity index (χ0) is 27.4. The van der Waals surface area contributed by atoms with E-state index in [0.717, 1.165) is 50.5 Å². The van der Waals surface area contributed by atoms with Gasteiger partial charge in [0.2, 0.25) is 0 Å². The molecule has 1 aliphatic rings. The predicted molar refractivity (Wildman–Crippen MR) is 157 cm³/mol. The number of benzene rings is 3. The van der Waals surface area contributed by atoms with Gasteiger partial charge in [-0.3, -0.25) is 4.55 Å². The lowest BCUT2D eigenvalue weighted by atomic mass is 9.89. The molecule has 7 heteroatoms. The number of nitrogens with zero attached hydrogens (tertiary/aromatic N) is 2. The first kappa shape index (κ1) is 27.1. The van der Waals surface area contributed by atoms with Crippen molar-refractivity contribution in [3.63, 3.8) is 0 Å². The van der Waals surface area contributed by atoms with Crippen LogP contribution in [0.15, 0.2) is 102 Å². The van der Waals surface area contributed by atoms with Crippen LogP contribution >= 0.6 is 0 Å². The number of nitrogens with one attached hydrogen (secondary N) is 1. The van der Waals surface area contributed by atoms with E-state index in [-0.39, 0.29) is 4.90 Å². The number of anilines is 2. The first-order valence-electron chi connectivity index (χ1n) is 12.4. The minimum absolute atomic E-state index is 0.108. The SMILES string of the molecule is Cc1cc(C(=C2C=CC(=[N+](C)C)C=C2)c2ccc(N(C)C)cc2)ccc1NCc1cccc(S(=O)(=O)O)c1. The molecule has 196 valence electrons. The predicted octanol–water partition coefficient (Wildman–Crippen LogP) is 5.56. The lowest BCUT2D eigenvalue weighted by Gasteiger charge is -2.18. The number of hydrogen-bond acceptors (Lipinski definition) is 4. The quantitative estimate of drug-likeness (QED) is 0.310. The third-order valence-electron chi connectivity index (χ3n) is 6.54. The molecule has 0 radical (unpaired) electrons. The second-order valence-corrected chi connectivity index (χ2v) is 11.2. The first-order chi connectivity index (χ1) is 18.0. The lowest BCUT2D eigenvalue weighted by molar-refractivity contribution is -0.462. The molecule has 3 aromatic rings. The van der Waals surface area contributed by atoms with E-state index in [2.05, 4.69) is 88.5 Å². The third-order valence-corrected chi connectivity index (χ3v) is 7.39. The van der Waals surface area contributed by atoms with Crippen LogP contribution in [-0.2, 0) is 16.7 Å². The normalized spacial score (nSPS) is 13.0. The molecule has 0 saturated heterocycles. The van der Waals surface area contributed by atoms with Gasteiger partial charge >= 0.3 is 0 Å². The Balaban J connectivity index is 1.68. The molecular formula is C31H34N3O3S+. The Labute approximate surface area is 225 Å². The highest BCUT2D eigenvalue weighted by Crippen LogP contribution is 2.33. The molecule has 0 aromatic heterocycles. The van der Waals surface area contributed by atoms with Gasteiger partial charge < -0.3 is 10.2 Å². The minimum atomic E-state index is -4.24. The molecule has 3 aromatic carbocycles. The zero-order valence-corrected chi connectivity index (χ0v) is 23.3. The monoisotopic (exact) mass is 528 g/mol. The zero-order valence-electron chi connectivity index (χ0n) is 22.4. The van der Waals surface area contributed by atoms with Crippen LogP contribution in [0.3, 0.4) is 0 Å². The summed E-state index contributed by atoms with van der Waals surface area (Å²) in [6, 6.07) is 21.2. The molecule has 4 rings (SSSR count). The van der Waals surface area contributed by atoms with Crippen LogP contribution in [0.4, 0.5) is 11.4 Å². The second kappa shape index (κ2) is 11.2. The highest BCUT2D eigenvalue weighted by Gasteiger charge is 2.15. The van der Waals surface area contributed by atoms with Gasteiger partial charge in [0, 0.05) is 44.2 Å². The average Bonchev–Trinajstić information content (AvgIpc) is 2.88. The van der Waals surface area contributed by atoms with Crippen LogP contribution in [0.2, 0.25) is 0 Å². The lowest BCUT2D eigenvalue weighted by Crippen LogP contribution is -2.10. The fourth-order valence-corrected chi connectivity index (χ4v) is 4.93. The van der Waals surface area contributed by atoms with Crippen LogP contribution in [0.25, 0.3) is 5.57 Å². The molecule has 0 amide bonds. The minimum Gasteiger partial charge on any atom is -0.381 e. The van der Waals surface area contributed by atoms with Crippen LogP contribution < -0.4 is 10.2 Å². The Morgan fingerprint density at radius 2 is 1.55 bits per heavy atom. The second-order valence-electron chi connectivity index (χ2n) is 9.76. The van der Waals surface area contributed by atoms with Crippen molar-refractivity contribution < 1.29 is 17.5 Å². The van der Waals surface area contributed by atoms with E-state index >= 15 is 0 Å². The Kier molecular flexibility index (Phi) is 7.99. The van der Waals surface area contributed by atoms with Gasteiger partial charge in [-0.1, -0.05) is 30.3 Å². The van der Waals surface area contributed by atoms with Gasteiger partial charge in [-0.05, 0) is 88.9 Å². The Morgan fingerprint density at radius 1 is 0.895 bits per heavy atom. The number of aryl methyl sites for hydroxylation is 1. The van der Waals surface area contributed by atoms with Crippen molar-refractivity contribution in [2.75, 3.05) is 38.4 Å². The first-order valence-corrected chi connectivity index (χ1v) is 13.8. The fraction of sp³-hybridized carbons (Fsp3) is 0.194. The van der Waals surface area contributed by atoms with E-state index < -0.39 is 10.1 Å². The van der Waals surface area contributed by atoms with Gasteiger partial charge in [0.15, 0.2) is 5.71 Å². The standard InChI is InChI=1S/C31H33N3O3S/c1-22-19-26(13-18-30(22)32-21-23-7-6-8-29(20-23)38(35,36)37)31(24-9-14-27(15-10-24)33(2)3)25-11-16-28(17-12-25)34(4)5/h6-20H,21H2,1-5H3,(H,35,36,37)/p+1. The van der Waals surface area contributed by atoms with Crippen molar-refractivity contribution in [3.05, 3.63) is 119 Å². The number of rotatable bonds is 7. The molecule has 0 unspecified atom stereocenters. The van der Waals surface area contributed by atoms with E-state index in [9.17, 15) is 13.0 Å². The van der Waals surface area contributed by atoms with Crippen LogP contribution in [0, 0.1) is 6.92 Å². The van der Waals surface area contributed by atoms with Crippen molar-refractivity contribution in [1.82, 2.24) is 0 Å². The largest absolute Gasteiger partial charge is 0.381 e. The highest BCUT2D eigenvalue weighted by molar-refractivity contribution is 7.85. The van der Waals surface area contributed by atoms with Gasteiger partial charge in [-0.15, -0.1) is 0 Å².